The predicted molar refractivity (Wildman–Crippen MR) is 99.0 cm³/mol. The fourth-order valence-corrected chi connectivity index (χ4v) is 3.06. The highest BCUT2D eigenvalue weighted by Gasteiger charge is 2.31. The zero-order valence-electron chi connectivity index (χ0n) is 14.3. The minimum Gasteiger partial charge on any atom is -0.436 e. The minimum absolute atomic E-state index is 0.175. The Labute approximate surface area is 153 Å². The van der Waals surface area contributed by atoms with Crippen molar-refractivity contribution in [1.29, 1.82) is 0 Å². The van der Waals surface area contributed by atoms with Gasteiger partial charge in [-0.05, 0) is 66.1 Å². The average molecular weight is 368 g/mol. The topological polar surface area (TPSA) is 52.0 Å². The summed E-state index contributed by atoms with van der Waals surface area (Å²) in [6.45, 7) is 1.97. The Kier molecular flexibility index (Phi) is 3.91. The standard InChI is InChI=1S/C21H15F3N2O/c1-12-9-16(25)6-7-17(12)13-3-2-4-14(10-13)20-26-18-11-15(21(22,23)24)5-8-19(18)27-20/h2-11H,25H2,1H3. The van der Waals surface area contributed by atoms with Crippen molar-refractivity contribution in [2.75, 3.05) is 5.73 Å². The second kappa shape index (κ2) is 6.16. The molecule has 3 aromatic carbocycles. The van der Waals surface area contributed by atoms with Gasteiger partial charge in [0.25, 0.3) is 0 Å². The van der Waals surface area contributed by atoms with Crippen LogP contribution < -0.4 is 5.73 Å². The van der Waals surface area contributed by atoms with E-state index in [0.29, 0.717) is 16.8 Å². The van der Waals surface area contributed by atoms with Gasteiger partial charge in [-0.25, -0.2) is 4.98 Å². The van der Waals surface area contributed by atoms with Crippen LogP contribution in [0.3, 0.4) is 0 Å². The van der Waals surface area contributed by atoms with E-state index in [2.05, 4.69) is 4.98 Å². The fraction of sp³-hybridized carbons (Fsp3) is 0.0952. The monoisotopic (exact) mass is 368 g/mol. The molecular weight excluding hydrogens is 353 g/mol. The number of benzene rings is 3. The van der Waals surface area contributed by atoms with E-state index in [9.17, 15) is 13.2 Å². The Morgan fingerprint density at radius 3 is 2.44 bits per heavy atom. The molecule has 27 heavy (non-hydrogen) atoms. The third-order valence-corrected chi connectivity index (χ3v) is 4.39. The zero-order valence-corrected chi connectivity index (χ0v) is 14.3. The summed E-state index contributed by atoms with van der Waals surface area (Å²) in [6.07, 6.45) is -4.42. The lowest BCUT2D eigenvalue weighted by Crippen LogP contribution is -2.03. The minimum atomic E-state index is -4.42. The Hall–Kier alpha value is -3.28. The lowest BCUT2D eigenvalue weighted by atomic mass is 9.98. The SMILES string of the molecule is Cc1cc(N)ccc1-c1cccc(-c2nc3cc(C(F)(F)F)ccc3o2)c1. The maximum atomic E-state index is 12.9. The first kappa shape index (κ1) is 17.1. The Morgan fingerprint density at radius 2 is 1.70 bits per heavy atom. The van der Waals surface area contributed by atoms with E-state index in [1.807, 2.05) is 49.4 Å². The van der Waals surface area contributed by atoms with Gasteiger partial charge in [-0.2, -0.15) is 13.2 Å². The van der Waals surface area contributed by atoms with Gasteiger partial charge in [-0.15, -0.1) is 0 Å². The van der Waals surface area contributed by atoms with E-state index >= 15 is 0 Å². The van der Waals surface area contributed by atoms with Gasteiger partial charge in [-0.1, -0.05) is 18.2 Å². The molecule has 0 radical (unpaired) electrons. The number of nitrogens with two attached hydrogens (primary N) is 1. The Morgan fingerprint density at radius 1 is 0.926 bits per heavy atom. The number of nitrogens with zero attached hydrogens (tertiary/aromatic N) is 1. The van der Waals surface area contributed by atoms with Crippen LogP contribution in [-0.4, -0.2) is 4.98 Å². The molecule has 0 spiro atoms. The number of aryl methyl sites for hydroxylation is 1. The molecule has 0 aliphatic carbocycles. The summed E-state index contributed by atoms with van der Waals surface area (Å²) in [5, 5.41) is 0. The zero-order chi connectivity index (χ0) is 19.2. The summed E-state index contributed by atoms with van der Waals surface area (Å²) in [5.41, 5.74) is 9.91. The van der Waals surface area contributed by atoms with E-state index in [1.54, 1.807) is 0 Å². The number of anilines is 1. The van der Waals surface area contributed by atoms with Crippen molar-refractivity contribution in [2.24, 2.45) is 0 Å². The smallest absolute Gasteiger partial charge is 0.416 e. The molecule has 0 amide bonds. The van der Waals surface area contributed by atoms with Gasteiger partial charge in [0, 0.05) is 11.3 Å². The first-order valence-corrected chi connectivity index (χ1v) is 8.26. The highest BCUT2D eigenvalue weighted by atomic mass is 19.4. The van der Waals surface area contributed by atoms with Gasteiger partial charge in [-0.3, -0.25) is 0 Å². The summed E-state index contributed by atoms with van der Waals surface area (Å²) in [4.78, 5) is 4.24. The summed E-state index contributed by atoms with van der Waals surface area (Å²) < 4.78 is 44.3. The van der Waals surface area contributed by atoms with Crippen molar-refractivity contribution in [3.05, 3.63) is 71.8 Å². The van der Waals surface area contributed by atoms with E-state index < -0.39 is 11.7 Å². The summed E-state index contributed by atoms with van der Waals surface area (Å²) in [5.74, 6) is 0.277. The maximum absolute atomic E-state index is 12.9. The largest absolute Gasteiger partial charge is 0.436 e. The quantitative estimate of drug-likeness (QED) is 0.437. The molecule has 2 N–H and O–H groups in total. The van der Waals surface area contributed by atoms with Crippen LogP contribution >= 0.6 is 0 Å². The molecule has 1 aromatic heterocycles. The van der Waals surface area contributed by atoms with Gasteiger partial charge in [0.15, 0.2) is 5.58 Å². The maximum Gasteiger partial charge on any atom is 0.416 e. The van der Waals surface area contributed by atoms with Crippen LogP contribution in [0.2, 0.25) is 0 Å². The van der Waals surface area contributed by atoms with Crippen molar-refractivity contribution in [3.63, 3.8) is 0 Å². The molecule has 6 heteroatoms. The Bertz CT molecular complexity index is 1150. The van der Waals surface area contributed by atoms with Gasteiger partial charge >= 0.3 is 6.18 Å². The normalized spacial score (nSPS) is 11.9. The number of halogens is 3. The second-order valence-electron chi connectivity index (χ2n) is 6.35. The summed E-state index contributed by atoms with van der Waals surface area (Å²) in [7, 11) is 0. The van der Waals surface area contributed by atoms with Crippen molar-refractivity contribution in [2.45, 2.75) is 13.1 Å². The second-order valence-corrected chi connectivity index (χ2v) is 6.35. The van der Waals surface area contributed by atoms with E-state index in [4.69, 9.17) is 10.2 Å². The van der Waals surface area contributed by atoms with E-state index in [0.717, 1.165) is 28.8 Å². The number of aromatic nitrogens is 1. The number of rotatable bonds is 2. The molecule has 4 rings (SSSR count). The first-order chi connectivity index (χ1) is 12.8. The number of oxazole rings is 1. The summed E-state index contributed by atoms with van der Waals surface area (Å²) >= 11 is 0. The highest BCUT2D eigenvalue weighted by Crippen LogP contribution is 2.34. The highest BCUT2D eigenvalue weighted by molar-refractivity contribution is 5.79. The van der Waals surface area contributed by atoms with Crippen molar-refractivity contribution in [1.82, 2.24) is 4.98 Å². The number of alkyl halides is 3. The van der Waals surface area contributed by atoms with Gasteiger partial charge in [0.05, 0.1) is 5.56 Å². The van der Waals surface area contributed by atoms with Crippen LogP contribution in [0.25, 0.3) is 33.7 Å². The average Bonchev–Trinajstić information content (AvgIpc) is 3.04. The van der Waals surface area contributed by atoms with Crippen LogP contribution in [0.5, 0.6) is 0 Å². The molecule has 4 aromatic rings. The first-order valence-electron chi connectivity index (χ1n) is 8.26. The van der Waals surface area contributed by atoms with Crippen LogP contribution in [0.1, 0.15) is 11.1 Å². The number of hydrogen-bond acceptors (Lipinski definition) is 3. The van der Waals surface area contributed by atoms with E-state index in [-0.39, 0.29) is 11.4 Å². The van der Waals surface area contributed by atoms with Gasteiger partial charge in [0.2, 0.25) is 5.89 Å². The molecule has 1 heterocycles. The van der Waals surface area contributed by atoms with Crippen molar-refractivity contribution in [3.8, 4) is 22.6 Å². The molecule has 0 fully saturated rings. The number of nitrogen functional groups attached to an aromatic ring is 1. The lowest BCUT2D eigenvalue weighted by molar-refractivity contribution is -0.137. The third kappa shape index (κ3) is 3.26. The van der Waals surface area contributed by atoms with Crippen LogP contribution in [0.4, 0.5) is 18.9 Å². The molecule has 0 bridgehead atoms. The number of fused-ring (bicyclic) bond motifs is 1. The van der Waals surface area contributed by atoms with Gasteiger partial charge in [0.1, 0.15) is 5.52 Å². The van der Waals surface area contributed by atoms with Crippen molar-refractivity contribution >= 4 is 16.8 Å². The molecule has 0 atom stereocenters. The van der Waals surface area contributed by atoms with E-state index in [1.165, 1.54) is 6.07 Å². The Balaban J connectivity index is 1.77. The van der Waals surface area contributed by atoms with Crippen LogP contribution in [0.15, 0.2) is 65.1 Å². The molecule has 136 valence electrons. The molecule has 0 unspecified atom stereocenters. The molecule has 0 aliphatic rings. The van der Waals surface area contributed by atoms with Crippen LogP contribution in [-0.2, 0) is 6.18 Å². The number of hydrogen-bond donors (Lipinski definition) is 1. The molecule has 3 nitrogen and oxygen atoms in total. The lowest BCUT2D eigenvalue weighted by Gasteiger charge is -2.08. The molecule has 0 saturated carbocycles. The summed E-state index contributed by atoms with van der Waals surface area (Å²) in [6, 6.07) is 16.4. The third-order valence-electron chi connectivity index (χ3n) is 4.39. The molecular formula is C21H15F3N2O. The van der Waals surface area contributed by atoms with Gasteiger partial charge < -0.3 is 10.2 Å². The molecule has 0 aliphatic heterocycles. The fourth-order valence-electron chi connectivity index (χ4n) is 3.06. The van der Waals surface area contributed by atoms with Crippen molar-refractivity contribution < 1.29 is 17.6 Å². The van der Waals surface area contributed by atoms with Crippen LogP contribution in [0, 0.1) is 6.92 Å². The molecule has 0 saturated heterocycles. The predicted octanol–water partition coefficient (Wildman–Crippen LogP) is 6.07.